The second kappa shape index (κ2) is 7.06. The van der Waals surface area contributed by atoms with E-state index in [1.165, 1.54) is 11.3 Å². The number of aliphatic hydroxyl groups excluding tert-OH is 1. The number of nitrogens with zero attached hydrogens (tertiary/aromatic N) is 2. The second-order valence-corrected chi connectivity index (χ2v) is 6.75. The van der Waals surface area contributed by atoms with E-state index in [1.54, 1.807) is 6.20 Å². The van der Waals surface area contributed by atoms with Crippen molar-refractivity contribution in [2.75, 3.05) is 5.73 Å². The average molecular weight is 332 g/mol. The van der Waals surface area contributed by atoms with Crippen molar-refractivity contribution in [2.24, 2.45) is 5.92 Å². The van der Waals surface area contributed by atoms with E-state index >= 15 is 0 Å². The number of aryl methyl sites for hydroxylation is 1. The van der Waals surface area contributed by atoms with Crippen LogP contribution in [-0.2, 0) is 11.2 Å². The molecule has 122 valence electrons. The third-order valence-electron chi connectivity index (χ3n) is 4.12. The molecule has 1 aliphatic carbocycles. The van der Waals surface area contributed by atoms with Gasteiger partial charge in [0.2, 0.25) is 5.91 Å². The number of anilines is 1. The van der Waals surface area contributed by atoms with Gasteiger partial charge in [-0.25, -0.2) is 4.98 Å². The molecule has 1 amide bonds. The molecule has 0 bridgehead atoms. The van der Waals surface area contributed by atoms with Crippen LogP contribution in [0.25, 0.3) is 0 Å². The molecule has 6 nitrogen and oxygen atoms in total. The lowest BCUT2D eigenvalue weighted by molar-refractivity contribution is -0.123. The van der Waals surface area contributed by atoms with Gasteiger partial charge in [-0.2, -0.15) is 0 Å². The molecule has 7 heteroatoms. The summed E-state index contributed by atoms with van der Waals surface area (Å²) >= 11 is 1.38. The zero-order valence-corrected chi connectivity index (χ0v) is 13.5. The molecule has 0 aromatic carbocycles. The summed E-state index contributed by atoms with van der Waals surface area (Å²) in [6.07, 6.45) is 3.79. The number of aromatic nitrogens is 2. The van der Waals surface area contributed by atoms with Crippen LogP contribution in [-0.4, -0.2) is 27.1 Å². The van der Waals surface area contributed by atoms with Gasteiger partial charge in [-0.15, -0.1) is 11.3 Å². The Labute approximate surface area is 138 Å². The van der Waals surface area contributed by atoms with Crippen LogP contribution in [0.1, 0.15) is 36.7 Å². The molecule has 4 N–H and O–H groups in total. The predicted octanol–water partition coefficient (Wildman–Crippen LogP) is 1.68. The number of aliphatic hydroxyl groups is 1. The van der Waals surface area contributed by atoms with Gasteiger partial charge >= 0.3 is 0 Å². The minimum Gasteiger partial charge on any atom is -0.393 e. The highest BCUT2D eigenvalue weighted by atomic mass is 32.1. The summed E-state index contributed by atoms with van der Waals surface area (Å²) in [5.74, 6) is 0.201. The molecule has 0 radical (unpaired) electrons. The van der Waals surface area contributed by atoms with E-state index in [0.29, 0.717) is 30.8 Å². The molecule has 1 fully saturated rings. The Kier molecular flexibility index (Phi) is 4.88. The predicted molar refractivity (Wildman–Crippen MR) is 88.7 cm³/mol. The van der Waals surface area contributed by atoms with E-state index < -0.39 is 0 Å². The zero-order chi connectivity index (χ0) is 16.2. The van der Waals surface area contributed by atoms with Crippen molar-refractivity contribution in [1.82, 2.24) is 15.3 Å². The van der Waals surface area contributed by atoms with E-state index in [9.17, 15) is 9.90 Å². The molecular formula is C16H20N4O2S. The third kappa shape index (κ3) is 4.05. The molecule has 3 rings (SSSR count). The number of carbonyl (C=O) groups is 1. The fourth-order valence-electron chi connectivity index (χ4n) is 2.82. The molecule has 2 heterocycles. The van der Waals surface area contributed by atoms with Crippen molar-refractivity contribution in [3.05, 3.63) is 41.2 Å². The van der Waals surface area contributed by atoms with Crippen molar-refractivity contribution in [3.63, 3.8) is 0 Å². The number of nitrogen functional groups attached to an aromatic ring is 1. The van der Waals surface area contributed by atoms with Gasteiger partial charge in [0.1, 0.15) is 0 Å². The van der Waals surface area contributed by atoms with Crippen LogP contribution in [0.4, 0.5) is 5.13 Å². The van der Waals surface area contributed by atoms with E-state index in [1.807, 2.05) is 23.6 Å². The first-order valence-electron chi connectivity index (χ1n) is 7.70. The van der Waals surface area contributed by atoms with Crippen LogP contribution in [0.15, 0.2) is 29.8 Å². The first kappa shape index (κ1) is 15.9. The lowest BCUT2D eigenvalue weighted by Gasteiger charge is -2.37. The maximum absolute atomic E-state index is 12.3. The van der Waals surface area contributed by atoms with Crippen LogP contribution in [0.3, 0.4) is 0 Å². The summed E-state index contributed by atoms with van der Waals surface area (Å²) < 4.78 is 0. The topological polar surface area (TPSA) is 101 Å². The fourth-order valence-corrected chi connectivity index (χ4v) is 3.42. The van der Waals surface area contributed by atoms with Gasteiger partial charge in [0.25, 0.3) is 0 Å². The van der Waals surface area contributed by atoms with Crippen molar-refractivity contribution in [1.29, 1.82) is 0 Å². The summed E-state index contributed by atoms with van der Waals surface area (Å²) in [6, 6.07) is 5.53. The quantitative estimate of drug-likeness (QED) is 0.747. The molecular weight excluding hydrogens is 312 g/mol. The molecule has 1 saturated carbocycles. The molecule has 0 aliphatic heterocycles. The largest absolute Gasteiger partial charge is 0.393 e. The maximum Gasteiger partial charge on any atom is 0.220 e. The van der Waals surface area contributed by atoms with Crippen LogP contribution in [0.5, 0.6) is 0 Å². The van der Waals surface area contributed by atoms with E-state index in [2.05, 4.69) is 15.3 Å². The molecule has 0 unspecified atom stereocenters. The zero-order valence-electron chi connectivity index (χ0n) is 12.7. The molecule has 0 spiro atoms. The first-order chi connectivity index (χ1) is 11.1. The molecule has 2 aromatic heterocycles. The number of hydrogen-bond donors (Lipinski definition) is 3. The average Bonchev–Trinajstić information content (AvgIpc) is 2.94. The summed E-state index contributed by atoms with van der Waals surface area (Å²) in [6.45, 7) is 0. The van der Waals surface area contributed by atoms with Crippen molar-refractivity contribution >= 4 is 22.4 Å². The highest BCUT2D eigenvalue weighted by Crippen LogP contribution is 2.37. The lowest BCUT2D eigenvalue weighted by Crippen LogP contribution is -2.41. The Bertz CT molecular complexity index is 655. The Hall–Kier alpha value is -1.99. The number of rotatable bonds is 6. The van der Waals surface area contributed by atoms with E-state index in [-0.39, 0.29) is 24.0 Å². The normalized spacial score (nSPS) is 21.4. The number of carbonyl (C=O) groups excluding carboxylic acids is 1. The summed E-state index contributed by atoms with van der Waals surface area (Å²) in [7, 11) is 0. The number of pyridine rings is 1. The Morgan fingerprint density at radius 2 is 2.30 bits per heavy atom. The summed E-state index contributed by atoms with van der Waals surface area (Å²) in [5.41, 5.74) is 7.28. The molecule has 2 aromatic rings. The van der Waals surface area contributed by atoms with Crippen LogP contribution < -0.4 is 11.1 Å². The van der Waals surface area contributed by atoms with Gasteiger partial charge < -0.3 is 16.2 Å². The highest BCUT2D eigenvalue weighted by molar-refractivity contribution is 7.13. The molecule has 23 heavy (non-hydrogen) atoms. The highest BCUT2D eigenvalue weighted by Gasteiger charge is 2.36. The summed E-state index contributed by atoms with van der Waals surface area (Å²) in [5, 5.41) is 15.0. The molecule has 0 saturated heterocycles. The number of hydrogen-bond acceptors (Lipinski definition) is 6. The third-order valence-corrected chi connectivity index (χ3v) is 4.84. The number of nitrogens with two attached hydrogens (primary N) is 1. The van der Waals surface area contributed by atoms with E-state index in [0.717, 1.165) is 11.4 Å². The Balaban J connectivity index is 1.60. The minimum atomic E-state index is -0.263. The summed E-state index contributed by atoms with van der Waals surface area (Å²) in [4.78, 5) is 20.8. The Morgan fingerprint density at radius 1 is 1.48 bits per heavy atom. The van der Waals surface area contributed by atoms with E-state index in [4.69, 9.17) is 5.73 Å². The van der Waals surface area contributed by atoms with Crippen molar-refractivity contribution < 1.29 is 9.90 Å². The number of amides is 1. The smallest absolute Gasteiger partial charge is 0.220 e. The first-order valence-corrected chi connectivity index (χ1v) is 8.58. The second-order valence-electron chi connectivity index (χ2n) is 5.86. The maximum atomic E-state index is 12.3. The van der Waals surface area contributed by atoms with Crippen LogP contribution >= 0.6 is 11.3 Å². The number of nitrogens with one attached hydrogen (secondary N) is 1. The van der Waals surface area contributed by atoms with Crippen LogP contribution in [0, 0.1) is 5.92 Å². The van der Waals surface area contributed by atoms with Crippen molar-refractivity contribution in [3.8, 4) is 0 Å². The van der Waals surface area contributed by atoms with Gasteiger partial charge in [0.05, 0.1) is 23.5 Å². The molecule has 1 atom stereocenters. The number of thiazole rings is 1. The fraction of sp³-hybridized carbons (Fsp3) is 0.438. The van der Waals surface area contributed by atoms with Crippen molar-refractivity contribution in [2.45, 2.75) is 37.8 Å². The van der Waals surface area contributed by atoms with Gasteiger partial charge in [0.15, 0.2) is 5.13 Å². The Morgan fingerprint density at radius 3 is 2.91 bits per heavy atom. The minimum absolute atomic E-state index is 0.0337. The monoisotopic (exact) mass is 332 g/mol. The van der Waals surface area contributed by atoms with Gasteiger partial charge in [0, 0.05) is 18.0 Å². The standard InChI is InChI=1S/C16H20N4O2S/c17-16-19-11(9-23-16)4-5-14(22)20-15(10-7-12(21)8-10)13-3-1-2-6-18-13/h1-3,6,9-10,12,15,21H,4-5,7-8H2,(H2,17,19)(H,20,22)/t10?,12?,15-/m0/s1. The van der Waals surface area contributed by atoms with Gasteiger partial charge in [-0.05, 0) is 37.3 Å². The van der Waals surface area contributed by atoms with Gasteiger partial charge in [-0.1, -0.05) is 6.07 Å². The van der Waals surface area contributed by atoms with Crippen LogP contribution in [0.2, 0.25) is 0 Å². The molecule has 1 aliphatic rings. The lowest BCUT2D eigenvalue weighted by atomic mass is 9.76. The SMILES string of the molecule is Nc1nc(CCC(=O)N[C@H](c2ccccn2)C2CC(O)C2)cs1. The van der Waals surface area contributed by atoms with Gasteiger partial charge in [-0.3, -0.25) is 9.78 Å².